The molecule has 4 aromatic rings. The number of pyridine rings is 1. The van der Waals surface area contributed by atoms with Gasteiger partial charge in [-0.05, 0) is 55.2 Å². The molecule has 3 aromatic heterocycles. The van der Waals surface area contributed by atoms with Crippen LogP contribution in [0.1, 0.15) is 15.2 Å². The fourth-order valence-electron chi connectivity index (χ4n) is 4.82. The molecule has 212 valence electrons. The fourth-order valence-corrected chi connectivity index (χ4v) is 7.12. The fraction of sp³-hybridized carbons (Fsp3) is 0.286. The summed E-state index contributed by atoms with van der Waals surface area (Å²) in [6.45, 7) is 7.12. The van der Waals surface area contributed by atoms with Gasteiger partial charge >= 0.3 is 0 Å². The Balaban J connectivity index is 0.00000370. The van der Waals surface area contributed by atoms with Crippen LogP contribution in [0.2, 0.25) is 0 Å². The number of rotatable bonds is 9. The monoisotopic (exact) mass is 601 g/mol. The van der Waals surface area contributed by atoms with E-state index in [1.807, 2.05) is 29.5 Å². The van der Waals surface area contributed by atoms with E-state index in [1.54, 1.807) is 35.6 Å². The first-order chi connectivity index (χ1) is 18.8. The van der Waals surface area contributed by atoms with Gasteiger partial charge in [0, 0.05) is 60.3 Å². The number of thiophene rings is 1. The number of benzene rings is 1. The number of nitrogens with one attached hydrogen (secondary N) is 2. The zero-order valence-electron chi connectivity index (χ0n) is 22.0. The van der Waals surface area contributed by atoms with Crippen molar-refractivity contribution in [3.63, 3.8) is 0 Å². The summed E-state index contributed by atoms with van der Waals surface area (Å²) < 4.78 is 26.9. The van der Waals surface area contributed by atoms with Crippen molar-refractivity contribution in [1.29, 1.82) is 0 Å². The first-order valence-electron chi connectivity index (χ1n) is 12.7. The van der Waals surface area contributed by atoms with Gasteiger partial charge in [0.15, 0.2) is 15.7 Å². The number of hydrogen-bond donors (Lipinski definition) is 3. The molecule has 1 aliphatic rings. The molecule has 0 radical (unpaired) electrons. The van der Waals surface area contributed by atoms with Gasteiger partial charge in [0.05, 0.1) is 16.2 Å². The first kappa shape index (κ1) is 29.8. The highest BCUT2D eigenvalue weighted by atomic mass is 35.5. The van der Waals surface area contributed by atoms with Crippen molar-refractivity contribution in [1.82, 2.24) is 25.1 Å². The Morgan fingerprint density at radius 2 is 2.00 bits per heavy atom. The molecule has 1 unspecified atom stereocenters. The quantitative estimate of drug-likeness (QED) is 0.249. The molecule has 12 heteroatoms. The van der Waals surface area contributed by atoms with Crippen LogP contribution in [0.15, 0.2) is 71.6 Å². The number of H-pyrrole nitrogens is 1. The van der Waals surface area contributed by atoms with E-state index in [0.717, 1.165) is 19.5 Å². The molecule has 1 atom stereocenters. The molecular weight excluding hydrogens is 570 g/mol. The van der Waals surface area contributed by atoms with Crippen molar-refractivity contribution >= 4 is 50.4 Å². The molecule has 3 N–H and O–H groups in total. The topological polar surface area (TPSA) is 119 Å². The summed E-state index contributed by atoms with van der Waals surface area (Å²) in [6.07, 6.45) is 3.53. The van der Waals surface area contributed by atoms with Crippen LogP contribution in [0.3, 0.4) is 0 Å². The number of amides is 1. The second kappa shape index (κ2) is 12.5. The van der Waals surface area contributed by atoms with E-state index in [0.29, 0.717) is 47.4 Å². The van der Waals surface area contributed by atoms with Gasteiger partial charge in [-0.25, -0.2) is 8.42 Å². The van der Waals surface area contributed by atoms with Crippen LogP contribution in [0.5, 0.6) is 5.88 Å². The largest absolute Gasteiger partial charge is 0.494 e. The molecule has 0 spiro atoms. The number of carbonyl (C=O) groups excluding carboxylic acids is 1. The van der Waals surface area contributed by atoms with E-state index in [4.69, 9.17) is 0 Å². The third kappa shape index (κ3) is 6.08. The molecule has 1 amide bonds. The van der Waals surface area contributed by atoms with E-state index in [2.05, 4.69) is 26.8 Å². The van der Waals surface area contributed by atoms with E-state index < -0.39 is 15.2 Å². The summed E-state index contributed by atoms with van der Waals surface area (Å²) in [5.41, 5.74) is 1.89. The molecule has 5 rings (SSSR count). The number of sulfone groups is 1. The van der Waals surface area contributed by atoms with Gasteiger partial charge in [0.25, 0.3) is 5.91 Å². The van der Waals surface area contributed by atoms with Crippen molar-refractivity contribution in [3.05, 3.63) is 77.1 Å². The first-order valence-corrected chi connectivity index (χ1v) is 15.1. The number of aromatic hydroxyl groups is 1. The summed E-state index contributed by atoms with van der Waals surface area (Å²) in [5.74, 6) is -0.321. The van der Waals surface area contributed by atoms with Gasteiger partial charge in [0.1, 0.15) is 5.37 Å². The van der Waals surface area contributed by atoms with Gasteiger partial charge < -0.3 is 20.3 Å². The smallest absolute Gasteiger partial charge is 0.251 e. The Morgan fingerprint density at radius 3 is 2.65 bits per heavy atom. The standard InChI is InChI=1S/C28H31N5O4S2.ClH/c1-3-25(33-14-12-32(2)13-15-33)39(36,37)21-7-9-24(30-18-21)26-22-17-19(6-8-23(22)31-28(26)35)27(34)29-11-10-20-5-4-16-38-20;/h3-9,16-18,25,31,35H,1,10-15H2,2H3,(H,29,34);1H. The number of hydrogen-bond acceptors (Lipinski definition) is 8. The van der Waals surface area contributed by atoms with Crippen LogP contribution in [0, 0.1) is 0 Å². The molecule has 1 aliphatic heterocycles. The Morgan fingerprint density at radius 1 is 1.23 bits per heavy atom. The maximum absolute atomic E-state index is 13.4. The lowest BCUT2D eigenvalue weighted by Crippen LogP contribution is -2.50. The summed E-state index contributed by atoms with van der Waals surface area (Å²) in [4.78, 5) is 25.5. The van der Waals surface area contributed by atoms with Crippen molar-refractivity contribution < 1.29 is 18.3 Å². The Labute approximate surface area is 243 Å². The molecular formula is C28H32ClN5O4S2. The van der Waals surface area contributed by atoms with Crippen LogP contribution in [-0.4, -0.2) is 84.3 Å². The molecule has 1 aromatic carbocycles. The van der Waals surface area contributed by atoms with Gasteiger partial charge in [0.2, 0.25) is 0 Å². The highest BCUT2D eigenvalue weighted by molar-refractivity contribution is 7.92. The van der Waals surface area contributed by atoms with Crippen molar-refractivity contribution in [2.75, 3.05) is 39.8 Å². The van der Waals surface area contributed by atoms with Crippen LogP contribution >= 0.6 is 23.7 Å². The minimum Gasteiger partial charge on any atom is -0.494 e. The van der Waals surface area contributed by atoms with Gasteiger partial charge in [-0.3, -0.25) is 14.7 Å². The Bertz CT molecular complexity index is 1580. The van der Waals surface area contributed by atoms with E-state index in [9.17, 15) is 18.3 Å². The summed E-state index contributed by atoms with van der Waals surface area (Å²) in [7, 11) is -1.73. The average Bonchev–Trinajstić information content (AvgIpc) is 3.56. The number of piperazine rings is 1. The minimum absolute atomic E-state index is 0. The number of aromatic nitrogens is 2. The van der Waals surface area contributed by atoms with Gasteiger partial charge in [-0.2, -0.15) is 0 Å². The number of halogens is 1. The lowest BCUT2D eigenvalue weighted by molar-refractivity contribution is 0.0954. The second-order valence-corrected chi connectivity index (χ2v) is 12.7. The zero-order chi connectivity index (χ0) is 27.6. The minimum atomic E-state index is -3.75. The number of carbonyl (C=O) groups is 1. The molecule has 0 bridgehead atoms. The maximum Gasteiger partial charge on any atom is 0.251 e. The van der Waals surface area contributed by atoms with Crippen LogP contribution < -0.4 is 5.32 Å². The predicted molar refractivity (Wildman–Crippen MR) is 161 cm³/mol. The van der Waals surface area contributed by atoms with E-state index in [1.165, 1.54) is 23.2 Å². The number of aromatic amines is 1. The van der Waals surface area contributed by atoms with Gasteiger partial charge in [-0.1, -0.05) is 12.1 Å². The van der Waals surface area contributed by atoms with Crippen LogP contribution in [-0.2, 0) is 16.3 Å². The average molecular weight is 602 g/mol. The molecule has 1 fully saturated rings. The Kier molecular flexibility index (Phi) is 9.32. The highest BCUT2D eigenvalue weighted by Gasteiger charge is 2.32. The molecule has 9 nitrogen and oxygen atoms in total. The lowest BCUT2D eigenvalue weighted by atomic mass is 10.1. The zero-order valence-corrected chi connectivity index (χ0v) is 24.5. The van der Waals surface area contributed by atoms with E-state index >= 15 is 0 Å². The summed E-state index contributed by atoms with van der Waals surface area (Å²) in [5, 5.41) is 15.4. The van der Waals surface area contributed by atoms with Crippen LogP contribution in [0.25, 0.3) is 22.2 Å². The predicted octanol–water partition coefficient (Wildman–Crippen LogP) is 3.92. The maximum atomic E-state index is 13.4. The molecule has 1 saturated heterocycles. The number of likely N-dealkylation sites (N-methyl/N-ethyl adjacent to an activating group) is 1. The molecule has 0 aliphatic carbocycles. The SMILES string of the molecule is C=CC(N1CCN(C)CC1)S(=O)(=O)c1ccc(-c2c(O)[nH]c3ccc(C(=O)NCCc4cccs4)cc23)nc1.Cl. The normalized spacial score (nSPS) is 15.4. The number of nitrogens with zero attached hydrogens (tertiary/aromatic N) is 3. The third-order valence-corrected chi connectivity index (χ3v) is 9.98. The summed E-state index contributed by atoms with van der Waals surface area (Å²) >= 11 is 1.65. The lowest BCUT2D eigenvalue weighted by Gasteiger charge is -2.36. The number of fused-ring (bicyclic) bond motifs is 1. The molecule has 4 heterocycles. The van der Waals surface area contributed by atoms with Crippen molar-refractivity contribution in [2.24, 2.45) is 0 Å². The van der Waals surface area contributed by atoms with Crippen molar-refractivity contribution in [3.8, 4) is 17.1 Å². The van der Waals surface area contributed by atoms with Gasteiger partial charge in [-0.15, -0.1) is 30.3 Å². The third-order valence-electron chi connectivity index (χ3n) is 7.02. The molecule has 0 saturated carbocycles. The second-order valence-electron chi connectivity index (χ2n) is 9.58. The van der Waals surface area contributed by atoms with Crippen molar-refractivity contribution in [2.45, 2.75) is 16.7 Å². The molecule has 40 heavy (non-hydrogen) atoms. The van der Waals surface area contributed by atoms with Crippen LogP contribution in [0.4, 0.5) is 0 Å². The van der Waals surface area contributed by atoms with E-state index in [-0.39, 0.29) is 29.1 Å². The Hall–Kier alpha value is -3.22. The highest BCUT2D eigenvalue weighted by Crippen LogP contribution is 2.36. The summed E-state index contributed by atoms with van der Waals surface area (Å²) in [6, 6.07) is 12.2.